The Bertz CT molecular complexity index is 693. The molecule has 4 heteroatoms. The number of hydrogen-bond acceptors (Lipinski definition) is 2. The molecule has 0 aliphatic rings. The number of amides is 1. The van der Waals surface area contributed by atoms with E-state index < -0.39 is 5.41 Å². The van der Waals surface area contributed by atoms with Crippen LogP contribution in [0.4, 0.5) is 5.69 Å². The summed E-state index contributed by atoms with van der Waals surface area (Å²) in [6.45, 7) is 7.34. The second kappa shape index (κ2) is 4.53. The van der Waals surface area contributed by atoms with Gasteiger partial charge in [-0.2, -0.15) is 0 Å². The van der Waals surface area contributed by atoms with Gasteiger partial charge in [0.25, 0.3) is 5.56 Å². The lowest BCUT2D eigenvalue weighted by molar-refractivity contribution is -0.123. The number of benzene rings is 1. The number of fused-ring (bicyclic) bond motifs is 1. The van der Waals surface area contributed by atoms with E-state index in [2.05, 4.69) is 10.3 Å². The zero-order valence-corrected chi connectivity index (χ0v) is 11.6. The number of carbonyl (C=O) groups is 1. The first kappa shape index (κ1) is 13.3. The lowest BCUT2D eigenvalue weighted by Gasteiger charge is -2.17. The zero-order valence-electron chi connectivity index (χ0n) is 11.6. The van der Waals surface area contributed by atoms with Gasteiger partial charge in [-0.1, -0.05) is 26.8 Å². The van der Waals surface area contributed by atoms with Crippen LogP contribution in [0.5, 0.6) is 0 Å². The Kier molecular flexibility index (Phi) is 3.18. The zero-order chi connectivity index (χ0) is 14.2. The molecule has 0 radical (unpaired) electrons. The van der Waals surface area contributed by atoms with Crippen molar-refractivity contribution in [3.05, 3.63) is 40.2 Å². The summed E-state index contributed by atoms with van der Waals surface area (Å²) in [4.78, 5) is 26.3. The number of anilines is 1. The Balaban J connectivity index is 2.40. The summed E-state index contributed by atoms with van der Waals surface area (Å²) in [7, 11) is 0. The van der Waals surface area contributed by atoms with Gasteiger partial charge in [-0.05, 0) is 30.5 Å². The standard InChI is InChI=1S/C15H18N2O2/c1-9-7-10-5-6-11(8-12(10)17-13(9)18)16-14(19)15(2,3)4/h5-8H,1-4H3,(H,16,19)(H,17,18). The summed E-state index contributed by atoms with van der Waals surface area (Å²) in [5.41, 5.74) is 1.54. The first-order valence-corrected chi connectivity index (χ1v) is 6.22. The predicted molar refractivity (Wildman–Crippen MR) is 77.4 cm³/mol. The van der Waals surface area contributed by atoms with Crippen LogP contribution in [0.1, 0.15) is 26.3 Å². The quantitative estimate of drug-likeness (QED) is 0.826. The Labute approximate surface area is 111 Å². The molecule has 1 aromatic heterocycles. The smallest absolute Gasteiger partial charge is 0.251 e. The molecule has 0 unspecified atom stereocenters. The number of aromatic amines is 1. The summed E-state index contributed by atoms with van der Waals surface area (Å²) in [6.07, 6.45) is 0. The molecule has 4 nitrogen and oxygen atoms in total. The molecule has 0 aliphatic heterocycles. The van der Waals surface area contributed by atoms with Gasteiger partial charge >= 0.3 is 0 Å². The van der Waals surface area contributed by atoms with Crippen molar-refractivity contribution in [3.63, 3.8) is 0 Å². The lowest BCUT2D eigenvalue weighted by atomic mass is 9.95. The maximum absolute atomic E-state index is 11.9. The van der Waals surface area contributed by atoms with Crippen LogP contribution in [0.15, 0.2) is 29.1 Å². The van der Waals surface area contributed by atoms with Crippen molar-refractivity contribution in [3.8, 4) is 0 Å². The first-order chi connectivity index (χ1) is 8.77. The largest absolute Gasteiger partial charge is 0.326 e. The van der Waals surface area contributed by atoms with Crippen LogP contribution < -0.4 is 10.9 Å². The van der Waals surface area contributed by atoms with Gasteiger partial charge in [0, 0.05) is 16.7 Å². The molecule has 19 heavy (non-hydrogen) atoms. The van der Waals surface area contributed by atoms with Crippen molar-refractivity contribution >= 4 is 22.5 Å². The van der Waals surface area contributed by atoms with E-state index in [4.69, 9.17) is 0 Å². The molecule has 0 aliphatic carbocycles. The van der Waals surface area contributed by atoms with Gasteiger partial charge in [-0.15, -0.1) is 0 Å². The summed E-state index contributed by atoms with van der Waals surface area (Å²) < 4.78 is 0. The molecule has 1 heterocycles. The number of H-pyrrole nitrogens is 1. The minimum Gasteiger partial charge on any atom is -0.326 e. The second-order valence-electron chi connectivity index (χ2n) is 5.79. The van der Waals surface area contributed by atoms with Crippen molar-refractivity contribution in [2.45, 2.75) is 27.7 Å². The van der Waals surface area contributed by atoms with E-state index in [0.717, 1.165) is 10.9 Å². The highest BCUT2D eigenvalue weighted by atomic mass is 16.2. The summed E-state index contributed by atoms with van der Waals surface area (Å²) >= 11 is 0. The van der Waals surface area contributed by atoms with Crippen LogP contribution in [0.2, 0.25) is 0 Å². The molecular weight excluding hydrogens is 240 g/mol. The molecule has 0 spiro atoms. The molecule has 1 amide bonds. The SMILES string of the molecule is Cc1cc2ccc(NC(=O)C(C)(C)C)cc2[nH]c1=O. The van der Waals surface area contributed by atoms with E-state index >= 15 is 0 Å². The summed E-state index contributed by atoms with van der Waals surface area (Å²) in [5, 5.41) is 3.80. The maximum atomic E-state index is 11.9. The van der Waals surface area contributed by atoms with Gasteiger partial charge in [0.2, 0.25) is 5.91 Å². The molecule has 2 N–H and O–H groups in total. The average Bonchev–Trinajstić information content (AvgIpc) is 2.29. The van der Waals surface area contributed by atoms with E-state index in [0.29, 0.717) is 11.3 Å². The molecule has 0 bridgehead atoms. The monoisotopic (exact) mass is 258 g/mol. The van der Waals surface area contributed by atoms with E-state index in [1.807, 2.05) is 39.0 Å². The normalized spacial score (nSPS) is 11.6. The molecule has 0 saturated carbocycles. The highest BCUT2D eigenvalue weighted by Crippen LogP contribution is 2.20. The molecule has 2 rings (SSSR count). The number of aromatic nitrogens is 1. The summed E-state index contributed by atoms with van der Waals surface area (Å²) in [6, 6.07) is 7.34. The van der Waals surface area contributed by atoms with E-state index in [9.17, 15) is 9.59 Å². The van der Waals surface area contributed by atoms with Crippen LogP contribution in [0, 0.1) is 12.3 Å². The molecule has 2 aromatic rings. The highest BCUT2D eigenvalue weighted by molar-refractivity contribution is 5.96. The van der Waals surface area contributed by atoms with Crippen LogP contribution in [0.25, 0.3) is 10.9 Å². The van der Waals surface area contributed by atoms with Crippen molar-refractivity contribution < 1.29 is 4.79 Å². The molecule has 0 atom stereocenters. The molecular formula is C15H18N2O2. The number of nitrogens with one attached hydrogen (secondary N) is 2. The van der Waals surface area contributed by atoms with Gasteiger partial charge in [-0.25, -0.2) is 0 Å². The molecule has 0 saturated heterocycles. The van der Waals surface area contributed by atoms with Crippen LogP contribution in [0.3, 0.4) is 0 Å². The molecule has 0 fully saturated rings. The Morgan fingerprint density at radius 2 is 1.89 bits per heavy atom. The number of aryl methyl sites for hydroxylation is 1. The molecule has 1 aromatic carbocycles. The third-order valence-electron chi connectivity index (χ3n) is 2.97. The molecule has 100 valence electrons. The van der Waals surface area contributed by atoms with Crippen LogP contribution in [-0.2, 0) is 4.79 Å². The maximum Gasteiger partial charge on any atom is 0.251 e. The third kappa shape index (κ3) is 2.84. The Morgan fingerprint density at radius 1 is 1.21 bits per heavy atom. The fourth-order valence-corrected chi connectivity index (χ4v) is 1.71. The van der Waals surface area contributed by atoms with Gasteiger partial charge in [0.05, 0.1) is 5.52 Å². The van der Waals surface area contributed by atoms with Crippen molar-refractivity contribution in [2.75, 3.05) is 5.32 Å². The number of hydrogen-bond donors (Lipinski definition) is 2. The van der Waals surface area contributed by atoms with Crippen LogP contribution >= 0.6 is 0 Å². The number of pyridine rings is 1. The fourth-order valence-electron chi connectivity index (χ4n) is 1.71. The second-order valence-corrected chi connectivity index (χ2v) is 5.79. The topological polar surface area (TPSA) is 62.0 Å². The van der Waals surface area contributed by atoms with E-state index in [1.165, 1.54) is 0 Å². The Hall–Kier alpha value is -2.10. The van der Waals surface area contributed by atoms with Crippen LogP contribution in [-0.4, -0.2) is 10.9 Å². The predicted octanol–water partition coefficient (Wildman–Crippen LogP) is 2.82. The van der Waals surface area contributed by atoms with Crippen molar-refractivity contribution in [1.82, 2.24) is 4.98 Å². The van der Waals surface area contributed by atoms with Crippen molar-refractivity contribution in [1.29, 1.82) is 0 Å². The van der Waals surface area contributed by atoms with E-state index in [1.54, 1.807) is 13.0 Å². The van der Waals surface area contributed by atoms with Gasteiger partial charge < -0.3 is 10.3 Å². The summed E-state index contributed by atoms with van der Waals surface area (Å²) in [5.74, 6) is -0.0543. The van der Waals surface area contributed by atoms with Gasteiger partial charge in [0.1, 0.15) is 0 Å². The van der Waals surface area contributed by atoms with E-state index in [-0.39, 0.29) is 11.5 Å². The highest BCUT2D eigenvalue weighted by Gasteiger charge is 2.21. The lowest BCUT2D eigenvalue weighted by Crippen LogP contribution is -2.27. The first-order valence-electron chi connectivity index (χ1n) is 6.22. The Morgan fingerprint density at radius 3 is 2.53 bits per heavy atom. The van der Waals surface area contributed by atoms with Gasteiger partial charge in [0.15, 0.2) is 0 Å². The minimum atomic E-state index is -0.449. The fraction of sp³-hybridized carbons (Fsp3) is 0.333. The van der Waals surface area contributed by atoms with Gasteiger partial charge in [-0.3, -0.25) is 9.59 Å². The third-order valence-corrected chi connectivity index (χ3v) is 2.97. The number of rotatable bonds is 1. The van der Waals surface area contributed by atoms with Crippen molar-refractivity contribution in [2.24, 2.45) is 5.41 Å². The number of carbonyl (C=O) groups excluding carboxylic acids is 1. The minimum absolute atomic E-state index is 0.0543. The average molecular weight is 258 g/mol.